The van der Waals surface area contributed by atoms with E-state index in [0.717, 1.165) is 47.8 Å². The summed E-state index contributed by atoms with van der Waals surface area (Å²) in [6.45, 7) is 7.96. The highest BCUT2D eigenvalue weighted by atomic mass is 32.3. The lowest BCUT2D eigenvalue weighted by Gasteiger charge is -2.38. The second-order valence-electron chi connectivity index (χ2n) is 8.91. The van der Waals surface area contributed by atoms with E-state index in [-0.39, 0.29) is 17.5 Å². The second kappa shape index (κ2) is 8.85. The summed E-state index contributed by atoms with van der Waals surface area (Å²) in [6.07, 6.45) is 7.03. The van der Waals surface area contributed by atoms with Crippen molar-refractivity contribution in [2.75, 3.05) is 18.5 Å². The molecular weight excluding hydrogens is 446 g/mol. The van der Waals surface area contributed by atoms with E-state index in [4.69, 9.17) is 9.52 Å². The van der Waals surface area contributed by atoms with E-state index < -0.39 is 21.5 Å². The molecule has 2 aliphatic carbocycles. The normalized spacial score (nSPS) is 22.3. The van der Waals surface area contributed by atoms with Gasteiger partial charge in [0, 0.05) is 10.6 Å². The first-order valence-corrected chi connectivity index (χ1v) is 13.4. The molecule has 32 heavy (non-hydrogen) atoms. The van der Waals surface area contributed by atoms with E-state index in [9.17, 15) is 14.1 Å². The van der Waals surface area contributed by atoms with Crippen molar-refractivity contribution in [2.24, 2.45) is 5.92 Å². The fourth-order valence-electron chi connectivity index (χ4n) is 4.43. The van der Waals surface area contributed by atoms with Gasteiger partial charge in [0.2, 0.25) is 0 Å². The number of ether oxygens (including phenoxy) is 1. The van der Waals surface area contributed by atoms with Crippen molar-refractivity contribution in [2.45, 2.75) is 57.5 Å². The monoisotopic (exact) mass is 477 g/mol. The van der Waals surface area contributed by atoms with Crippen LogP contribution >= 0.6 is 11.8 Å². The van der Waals surface area contributed by atoms with Crippen molar-refractivity contribution in [3.05, 3.63) is 50.6 Å². The number of allylic oxidation sites excluding steroid dienone is 1. The molecule has 1 aliphatic heterocycles. The molecule has 0 bridgehead atoms. The Morgan fingerprint density at radius 3 is 2.72 bits per heavy atom. The van der Waals surface area contributed by atoms with E-state index >= 15 is 0 Å². The SMILES string of the molecule is C=C(S/C(=C\C)C1(O)COC1)[S@](=N)(=O)NC(=O)Nc1c([C@H](C)C2CC2)ccc2c1CCC2. The van der Waals surface area contributed by atoms with E-state index in [0.29, 0.717) is 16.7 Å². The summed E-state index contributed by atoms with van der Waals surface area (Å²) in [5.41, 5.74) is 3.15. The van der Waals surface area contributed by atoms with Crippen LogP contribution in [0.5, 0.6) is 0 Å². The van der Waals surface area contributed by atoms with Crippen molar-refractivity contribution in [1.29, 1.82) is 4.78 Å². The summed E-state index contributed by atoms with van der Waals surface area (Å²) in [4.78, 5) is 13.4. The smallest absolute Gasteiger partial charge is 0.331 e. The minimum atomic E-state index is -3.67. The molecule has 2 amide bonds. The summed E-state index contributed by atoms with van der Waals surface area (Å²) in [5, 5.41) is 13.4. The predicted octanol–water partition coefficient (Wildman–Crippen LogP) is 4.64. The largest absolute Gasteiger partial charge is 0.380 e. The molecule has 2 fully saturated rings. The number of thioether (sulfide) groups is 1. The van der Waals surface area contributed by atoms with Gasteiger partial charge in [-0.25, -0.2) is 18.5 Å². The number of benzene rings is 1. The zero-order valence-corrected chi connectivity index (χ0v) is 20.2. The van der Waals surface area contributed by atoms with Crippen LogP contribution in [-0.2, 0) is 27.5 Å². The molecular formula is C23H31N3O4S2. The number of aliphatic hydroxyl groups is 1. The van der Waals surface area contributed by atoms with E-state index in [2.05, 4.69) is 35.7 Å². The van der Waals surface area contributed by atoms with Gasteiger partial charge < -0.3 is 15.2 Å². The number of hydrogen-bond acceptors (Lipinski definition) is 6. The van der Waals surface area contributed by atoms with Gasteiger partial charge in [0.05, 0.1) is 17.5 Å². The van der Waals surface area contributed by atoms with Crippen LogP contribution in [0.25, 0.3) is 0 Å². The first-order chi connectivity index (χ1) is 15.1. The summed E-state index contributed by atoms with van der Waals surface area (Å²) >= 11 is 0.954. The third-order valence-electron chi connectivity index (χ3n) is 6.56. The van der Waals surface area contributed by atoms with Crippen LogP contribution in [0.1, 0.15) is 55.7 Å². The number of anilines is 1. The third kappa shape index (κ3) is 4.62. The number of fused-ring (bicyclic) bond motifs is 1. The summed E-state index contributed by atoms with van der Waals surface area (Å²) in [6, 6.07) is 3.60. The molecule has 9 heteroatoms. The Bertz CT molecular complexity index is 1070. The lowest BCUT2D eigenvalue weighted by molar-refractivity contribution is -0.149. The number of nitrogens with one attached hydrogen (secondary N) is 3. The highest BCUT2D eigenvalue weighted by Gasteiger charge is 2.41. The van der Waals surface area contributed by atoms with Gasteiger partial charge in [-0.1, -0.05) is 43.5 Å². The molecule has 0 spiro atoms. The van der Waals surface area contributed by atoms with Crippen LogP contribution in [0.15, 0.2) is 33.9 Å². The van der Waals surface area contributed by atoms with Crippen LogP contribution in [0.3, 0.4) is 0 Å². The molecule has 1 heterocycles. The Hall–Kier alpha value is -1.81. The molecule has 0 radical (unpaired) electrons. The number of carbonyl (C=O) groups excluding carboxylic acids is 1. The van der Waals surface area contributed by atoms with Crippen molar-refractivity contribution in [3.63, 3.8) is 0 Å². The standard InChI is InChI=1S/C23H31N3O4S2/c1-4-20(23(28)12-30-13-23)31-15(3)32(24,29)26-22(27)25-21-18(14(2)16-8-9-16)11-10-17-6-5-7-19(17)21/h4,10-11,14,16,28H,3,5-9,12-13H2,1-2H3,(H3,24,25,26,27,29)/b20-4-/t14-,32-/m1/s1. The molecule has 1 saturated heterocycles. The number of urea groups is 1. The van der Waals surface area contributed by atoms with Crippen molar-refractivity contribution in [3.8, 4) is 0 Å². The van der Waals surface area contributed by atoms with Gasteiger partial charge in [-0.3, -0.25) is 0 Å². The zero-order chi connectivity index (χ0) is 23.1. The van der Waals surface area contributed by atoms with Crippen LogP contribution in [0.2, 0.25) is 0 Å². The molecule has 4 rings (SSSR count). The van der Waals surface area contributed by atoms with Gasteiger partial charge in [-0.15, -0.1) is 0 Å². The average Bonchev–Trinajstić information content (AvgIpc) is 3.46. The van der Waals surface area contributed by atoms with Crippen molar-refractivity contribution in [1.82, 2.24) is 4.72 Å². The Balaban J connectivity index is 1.48. The lowest BCUT2D eigenvalue weighted by atomic mass is 9.91. The maximum Gasteiger partial charge on any atom is 0.331 e. The Labute approximate surface area is 194 Å². The predicted molar refractivity (Wildman–Crippen MR) is 129 cm³/mol. The first kappa shape index (κ1) is 23.4. The maximum absolute atomic E-state index is 13.0. The number of aryl methyl sites for hydroxylation is 1. The molecule has 0 unspecified atom stereocenters. The van der Waals surface area contributed by atoms with Gasteiger partial charge in [0.1, 0.15) is 5.60 Å². The van der Waals surface area contributed by atoms with E-state index in [1.54, 1.807) is 13.0 Å². The first-order valence-electron chi connectivity index (χ1n) is 11.0. The number of rotatable bonds is 8. The third-order valence-corrected chi connectivity index (χ3v) is 9.69. The molecule has 174 valence electrons. The van der Waals surface area contributed by atoms with Crippen molar-refractivity contribution >= 4 is 33.4 Å². The molecule has 1 aromatic rings. The molecule has 1 saturated carbocycles. The summed E-state index contributed by atoms with van der Waals surface area (Å²) in [7, 11) is -3.67. The topological polar surface area (TPSA) is 112 Å². The zero-order valence-electron chi connectivity index (χ0n) is 18.5. The number of amides is 2. The minimum absolute atomic E-state index is 0.0362. The van der Waals surface area contributed by atoms with Crippen LogP contribution < -0.4 is 10.0 Å². The Morgan fingerprint density at radius 1 is 1.41 bits per heavy atom. The van der Waals surface area contributed by atoms with Gasteiger partial charge >= 0.3 is 6.03 Å². The van der Waals surface area contributed by atoms with Gasteiger partial charge in [0.25, 0.3) is 0 Å². The van der Waals surface area contributed by atoms with Gasteiger partial charge in [-0.2, -0.15) is 0 Å². The molecule has 2 atom stereocenters. The molecule has 4 N–H and O–H groups in total. The fourth-order valence-corrected chi connectivity index (χ4v) is 6.39. The van der Waals surface area contributed by atoms with Gasteiger partial charge in [-0.05, 0) is 67.6 Å². The molecule has 1 aromatic carbocycles. The minimum Gasteiger partial charge on any atom is -0.380 e. The average molecular weight is 478 g/mol. The van der Waals surface area contributed by atoms with Crippen LogP contribution in [-0.4, -0.2) is 34.2 Å². The lowest BCUT2D eigenvalue weighted by Crippen LogP contribution is -2.50. The highest BCUT2D eigenvalue weighted by Crippen LogP contribution is 2.46. The van der Waals surface area contributed by atoms with Gasteiger partial charge in [0.15, 0.2) is 9.92 Å². The summed E-state index contributed by atoms with van der Waals surface area (Å²) < 4.78 is 28.6. The van der Waals surface area contributed by atoms with Crippen molar-refractivity contribution < 1.29 is 18.8 Å². The highest BCUT2D eigenvalue weighted by molar-refractivity contribution is 8.20. The molecule has 7 nitrogen and oxygen atoms in total. The summed E-state index contributed by atoms with van der Waals surface area (Å²) in [5.74, 6) is 0.972. The van der Waals surface area contributed by atoms with E-state index in [1.807, 2.05) is 0 Å². The quantitative estimate of drug-likeness (QED) is 0.436. The Kier molecular flexibility index (Phi) is 6.46. The van der Waals surface area contributed by atoms with Crippen LogP contribution in [0, 0.1) is 10.7 Å². The number of carbonyl (C=O) groups is 1. The second-order valence-corrected chi connectivity index (χ2v) is 12.1. The maximum atomic E-state index is 13.0. The number of hydrogen-bond donors (Lipinski definition) is 4. The van der Waals surface area contributed by atoms with Crippen LogP contribution in [0.4, 0.5) is 10.5 Å². The Morgan fingerprint density at radius 2 is 2.12 bits per heavy atom. The van der Waals surface area contributed by atoms with E-state index in [1.165, 1.54) is 18.4 Å². The molecule has 0 aromatic heterocycles. The fraction of sp³-hybridized carbons (Fsp3) is 0.522. The molecule has 3 aliphatic rings.